The Morgan fingerprint density at radius 3 is 2.45 bits per heavy atom. The Hall–Kier alpha value is -0.190. The first kappa shape index (κ1) is 8.90. The van der Waals surface area contributed by atoms with E-state index in [0.717, 1.165) is 31.2 Å². The lowest BCUT2D eigenvalue weighted by molar-refractivity contribution is -0.0349. The maximum absolute atomic E-state index is 12.5. The quantitative estimate of drug-likeness (QED) is 0.605. The molecule has 1 N–H and O–H groups in total. The van der Waals surface area contributed by atoms with Gasteiger partial charge in [0.1, 0.15) is 0 Å². The molecular formula is C7H16FN3. The molecule has 0 radical (unpaired) electrons. The monoisotopic (exact) mass is 161 g/mol. The topological polar surface area (TPSA) is 18.5 Å². The lowest BCUT2D eigenvalue weighted by Gasteiger charge is -2.29. The molecule has 1 aliphatic heterocycles. The average Bonchev–Trinajstić information content (AvgIpc) is 2.04. The summed E-state index contributed by atoms with van der Waals surface area (Å²) in [7, 11) is 0. The standard InChI is InChI=1S/C7H16FN3/c1-2-3-9-11-6-4-10(8)5-7-11/h9H,2-7H2,1H3. The first-order valence-corrected chi connectivity index (χ1v) is 4.22. The fraction of sp³-hybridized carbons (Fsp3) is 1.00. The molecular weight excluding hydrogens is 145 g/mol. The summed E-state index contributed by atoms with van der Waals surface area (Å²) in [5.41, 5.74) is 3.23. The smallest absolute Gasteiger partial charge is 0.0432 e. The van der Waals surface area contributed by atoms with Crippen molar-refractivity contribution in [3.8, 4) is 0 Å². The number of nitrogens with one attached hydrogen (secondary N) is 1. The summed E-state index contributed by atoms with van der Waals surface area (Å²) in [6.45, 7) is 5.74. The zero-order chi connectivity index (χ0) is 8.10. The fourth-order valence-corrected chi connectivity index (χ4v) is 1.11. The van der Waals surface area contributed by atoms with E-state index in [0.29, 0.717) is 13.1 Å². The van der Waals surface area contributed by atoms with Crippen LogP contribution in [-0.4, -0.2) is 42.9 Å². The summed E-state index contributed by atoms with van der Waals surface area (Å²) in [5, 5.41) is 2.95. The number of hydrogen-bond donors (Lipinski definition) is 1. The van der Waals surface area contributed by atoms with E-state index in [9.17, 15) is 4.48 Å². The number of halogens is 1. The Kier molecular flexibility index (Phi) is 3.76. The molecule has 1 aliphatic rings. The number of hydrogen-bond acceptors (Lipinski definition) is 3. The van der Waals surface area contributed by atoms with Crippen LogP contribution in [0.2, 0.25) is 0 Å². The Balaban J connectivity index is 2.07. The first-order chi connectivity index (χ1) is 5.33. The summed E-state index contributed by atoms with van der Waals surface area (Å²) in [4.78, 5) is 0. The molecule has 4 heteroatoms. The fourth-order valence-electron chi connectivity index (χ4n) is 1.11. The van der Waals surface area contributed by atoms with Crippen molar-refractivity contribution in [3.05, 3.63) is 0 Å². The molecule has 3 nitrogen and oxygen atoms in total. The van der Waals surface area contributed by atoms with Crippen molar-refractivity contribution in [2.45, 2.75) is 13.3 Å². The Morgan fingerprint density at radius 2 is 1.91 bits per heavy atom. The second kappa shape index (κ2) is 4.64. The van der Waals surface area contributed by atoms with Gasteiger partial charge in [-0.25, -0.2) is 5.01 Å². The van der Waals surface area contributed by atoms with Crippen LogP contribution in [0.15, 0.2) is 0 Å². The van der Waals surface area contributed by atoms with E-state index in [1.165, 1.54) is 0 Å². The molecule has 11 heavy (non-hydrogen) atoms. The molecule has 0 aromatic carbocycles. The summed E-state index contributed by atoms with van der Waals surface area (Å²) < 4.78 is 12.5. The minimum atomic E-state index is 0.525. The predicted molar refractivity (Wildman–Crippen MR) is 42.5 cm³/mol. The van der Waals surface area contributed by atoms with E-state index in [2.05, 4.69) is 17.4 Å². The van der Waals surface area contributed by atoms with Crippen molar-refractivity contribution >= 4 is 0 Å². The van der Waals surface area contributed by atoms with E-state index in [4.69, 9.17) is 0 Å². The van der Waals surface area contributed by atoms with Crippen LogP contribution in [0.1, 0.15) is 13.3 Å². The zero-order valence-corrected chi connectivity index (χ0v) is 7.02. The Labute approximate surface area is 67.1 Å². The average molecular weight is 161 g/mol. The van der Waals surface area contributed by atoms with Crippen LogP contribution in [0.4, 0.5) is 4.48 Å². The molecule has 0 bridgehead atoms. The highest BCUT2D eigenvalue weighted by Gasteiger charge is 2.14. The van der Waals surface area contributed by atoms with Crippen LogP contribution >= 0.6 is 0 Å². The normalized spacial score (nSPS) is 22.4. The molecule has 0 unspecified atom stereocenters. The van der Waals surface area contributed by atoms with Gasteiger partial charge in [0.05, 0.1) is 0 Å². The summed E-state index contributed by atoms with van der Waals surface area (Å²) >= 11 is 0. The minimum Gasteiger partial charge on any atom is -0.255 e. The van der Waals surface area contributed by atoms with Crippen molar-refractivity contribution in [3.63, 3.8) is 0 Å². The van der Waals surface area contributed by atoms with Crippen molar-refractivity contribution in [1.29, 1.82) is 0 Å². The number of piperazine rings is 1. The van der Waals surface area contributed by atoms with Crippen LogP contribution in [0, 0.1) is 0 Å². The van der Waals surface area contributed by atoms with E-state index in [-0.39, 0.29) is 0 Å². The highest BCUT2D eigenvalue weighted by molar-refractivity contribution is 4.62. The highest BCUT2D eigenvalue weighted by Crippen LogP contribution is 1.98. The molecule has 0 atom stereocenters. The molecule has 0 aromatic rings. The molecule has 1 saturated heterocycles. The summed E-state index contributed by atoms with van der Waals surface area (Å²) in [6.07, 6.45) is 1.12. The van der Waals surface area contributed by atoms with Crippen LogP contribution in [-0.2, 0) is 0 Å². The number of nitrogens with zero attached hydrogens (tertiary/aromatic N) is 2. The highest BCUT2D eigenvalue weighted by atomic mass is 19.2. The molecule has 0 aliphatic carbocycles. The Morgan fingerprint density at radius 1 is 1.27 bits per heavy atom. The summed E-state index contributed by atoms with van der Waals surface area (Å²) in [5.74, 6) is 0. The van der Waals surface area contributed by atoms with Gasteiger partial charge < -0.3 is 0 Å². The van der Waals surface area contributed by atoms with E-state index < -0.39 is 0 Å². The third kappa shape index (κ3) is 3.14. The van der Waals surface area contributed by atoms with Crippen LogP contribution in [0.5, 0.6) is 0 Å². The van der Waals surface area contributed by atoms with Crippen molar-refractivity contribution in [2.75, 3.05) is 32.7 Å². The molecule has 0 spiro atoms. The van der Waals surface area contributed by atoms with E-state index in [1.807, 2.05) is 0 Å². The van der Waals surface area contributed by atoms with Gasteiger partial charge in [-0.1, -0.05) is 6.92 Å². The van der Waals surface area contributed by atoms with Crippen LogP contribution < -0.4 is 5.43 Å². The van der Waals surface area contributed by atoms with Crippen molar-refractivity contribution < 1.29 is 4.48 Å². The third-order valence-electron chi connectivity index (χ3n) is 1.81. The minimum absolute atomic E-state index is 0.525. The van der Waals surface area contributed by atoms with Gasteiger partial charge in [-0.05, 0) is 6.42 Å². The van der Waals surface area contributed by atoms with Gasteiger partial charge in [0.2, 0.25) is 0 Å². The molecule has 1 heterocycles. The maximum atomic E-state index is 12.5. The molecule has 1 fully saturated rings. The maximum Gasteiger partial charge on any atom is 0.0432 e. The lowest BCUT2D eigenvalue weighted by atomic mass is 10.4. The van der Waals surface area contributed by atoms with Gasteiger partial charge in [0.25, 0.3) is 0 Å². The third-order valence-corrected chi connectivity index (χ3v) is 1.81. The molecule has 0 amide bonds. The van der Waals surface area contributed by atoms with Gasteiger partial charge >= 0.3 is 0 Å². The first-order valence-electron chi connectivity index (χ1n) is 4.22. The predicted octanol–water partition coefficient (Wildman–Crippen LogP) is 0.403. The van der Waals surface area contributed by atoms with Crippen LogP contribution in [0.25, 0.3) is 0 Å². The molecule has 0 aromatic heterocycles. The Bertz CT molecular complexity index is 99.1. The SMILES string of the molecule is CCCNN1CCN(F)CC1. The van der Waals surface area contributed by atoms with Crippen molar-refractivity contribution in [1.82, 2.24) is 15.6 Å². The van der Waals surface area contributed by atoms with Crippen LogP contribution in [0.3, 0.4) is 0 Å². The van der Waals surface area contributed by atoms with Crippen molar-refractivity contribution in [2.24, 2.45) is 0 Å². The summed E-state index contributed by atoms with van der Waals surface area (Å²) in [6, 6.07) is 0. The largest absolute Gasteiger partial charge is 0.255 e. The molecule has 0 saturated carbocycles. The van der Waals surface area contributed by atoms with Gasteiger partial charge in [-0.15, -0.1) is 9.60 Å². The lowest BCUT2D eigenvalue weighted by Crippen LogP contribution is -2.49. The number of rotatable bonds is 3. The molecule has 1 rings (SSSR count). The zero-order valence-electron chi connectivity index (χ0n) is 7.02. The van der Waals surface area contributed by atoms with Gasteiger partial charge in [0.15, 0.2) is 0 Å². The van der Waals surface area contributed by atoms with E-state index in [1.54, 1.807) is 0 Å². The van der Waals surface area contributed by atoms with Gasteiger partial charge in [0, 0.05) is 32.7 Å². The van der Waals surface area contributed by atoms with E-state index >= 15 is 0 Å². The van der Waals surface area contributed by atoms with Gasteiger partial charge in [-0.3, -0.25) is 5.43 Å². The van der Waals surface area contributed by atoms with Gasteiger partial charge in [-0.2, -0.15) is 0 Å². The number of hydrazine groups is 1. The second-order valence-electron chi connectivity index (χ2n) is 2.81. The molecule has 66 valence electrons. The second-order valence-corrected chi connectivity index (χ2v) is 2.81.